The number of furan rings is 1. The molecule has 0 aliphatic carbocycles. The molecule has 1 aliphatic heterocycles. The van der Waals surface area contributed by atoms with Crippen LogP contribution < -0.4 is 4.90 Å². The molecule has 0 spiro atoms. The molecule has 4 aromatic rings. The highest BCUT2D eigenvalue weighted by molar-refractivity contribution is 7.98. The van der Waals surface area contributed by atoms with E-state index >= 15 is 0 Å². The van der Waals surface area contributed by atoms with E-state index in [4.69, 9.17) is 4.42 Å². The average Bonchev–Trinajstić information content (AvgIpc) is 3.50. The lowest BCUT2D eigenvalue weighted by Crippen LogP contribution is -2.40. The second-order valence-corrected chi connectivity index (χ2v) is 9.69. The Kier molecular flexibility index (Phi) is 6.09. The first-order valence-corrected chi connectivity index (χ1v) is 12.1. The molecule has 3 aromatic heterocycles. The Labute approximate surface area is 194 Å². The van der Waals surface area contributed by atoms with E-state index in [9.17, 15) is 8.78 Å². The molecule has 0 bridgehead atoms. The van der Waals surface area contributed by atoms with Gasteiger partial charge in [0.25, 0.3) is 0 Å². The number of rotatable bonds is 7. The zero-order valence-electron chi connectivity index (χ0n) is 18.6. The van der Waals surface area contributed by atoms with Crippen LogP contribution in [0.3, 0.4) is 0 Å². The van der Waals surface area contributed by atoms with Crippen LogP contribution in [0.1, 0.15) is 38.4 Å². The zero-order chi connectivity index (χ0) is 22.9. The minimum atomic E-state index is -2.67. The third-order valence-corrected chi connectivity index (χ3v) is 6.90. The lowest BCUT2D eigenvalue weighted by Gasteiger charge is -2.35. The van der Waals surface area contributed by atoms with Crippen LogP contribution in [0, 0.1) is 11.8 Å². The van der Waals surface area contributed by atoms with Gasteiger partial charge in [-0.2, -0.15) is 8.78 Å². The van der Waals surface area contributed by atoms with Gasteiger partial charge in [-0.05, 0) is 42.5 Å². The molecule has 10 heteroatoms. The molecule has 0 N–H and O–H groups in total. The summed E-state index contributed by atoms with van der Waals surface area (Å²) in [6.45, 7) is 4.13. The van der Waals surface area contributed by atoms with E-state index in [0.717, 1.165) is 29.4 Å². The maximum Gasteiger partial charge on any atom is 0.320 e. The third kappa shape index (κ3) is 4.48. The molecule has 1 fully saturated rings. The van der Waals surface area contributed by atoms with Crippen LogP contribution in [0.2, 0.25) is 0 Å². The maximum atomic E-state index is 13.8. The van der Waals surface area contributed by atoms with E-state index in [2.05, 4.69) is 33.9 Å². The number of hydrogen-bond acceptors (Lipinski definition) is 6. The number of aromatic nitrogens is 5. The van der Waals surface area contributed by atoms with Crippen LogP contribution in [0.5, 0.6) is 0 Å². The Morgan fingerprint density at radius 3 is 2.61 bits per heavy atom. The minimum absolute atomic E-state index is 0.252. The van der Waals surface area contributed by atoms with Crippen LogP contribution in [-0.2, 0) is 12.3 Å². The predicted molar refractivity (Wildman–Crippen MR) is 124 cm³/mol. The Hall–Kier alpha value is -2.88. The molecule has 0 saturated carbocycles. The first-order chi connectivity index (χ1) is 16.0. The van der Waals surface area contributed by atoms with Crippen LogP contribution in [-0.4, -0.2) is 37.4 Å². The number of thioether (sulfide) groups is 1. The van der Waals surface area contributed by atoms with Crippen molar-refractivity contribution in [2.45, 2.75) is 44.3 Å². The minimum Gasteiger partial charge on any atom is -0.467 e. The molecule has 4 heterocycles. The fourth-order valence-corrected chi connectivity index (χ4v) is 5.55. The van der Waals surface area contributed by atoms with E-state index in [1.54, 1.807) is 30.5 Å². The highest BCUT2D eigenvalue weighted by atomic mass is 32.2. The van der Waals surface area contributed by atoms with Crippen LogP contribution in [0.4, 0.5) is 14.7 Å². The maximum absolute atomic E-state index is 13.8. The van der Waals surface area contributed by atoms with Crippen molar-refractivity contribution in [1.29, 1.82) is 0 Å². The van der Waals surface area contributed by atoms with Crippen molar-refractivity contribution in [2.75, 3.05) is 18.0 Å². The fourth-order valence-electron chi connectivity index (χ4n) is 4.69. The van der Waals surface area contributed by atoms with Gasteiger partial charge in [0.2, 0.25) is 5.95 Å². The summed E-state index contributed by atoms with van der Waals surface area (Å²) in [6, 6.07) is 10.7. The number of piperidine rings is 1. The van der Waals surface area contributed by atoms with Crippen molar-refractivity contribution in [2.24, 2.45) is 11.8 Å². The molecule has 1 aliphatic rings. The van der Waals surface area contributed by atoms with Crippen molar-refractivity contribution in [3.8, 4) is 0 Å². The summed E-state index contributed by atoms with van der Waals surface area (Å²) in [7, 11) is 0. The summed E-state index contributed by atoms with van der Waals surface area (Å²) < 4.78 is 36.2. The summed E-state index contributed by atoms with van der Waals surface area (Å²) in [5.74, 6) is 3.26. The molecule has 1 saturated heterocycles. The normalized spacial score (nSPS) is 19.1. The summed E-state index contributed by atoms with van der Waals surface area (Å²) in [5, 5.41) is 9.59. The third-order valence-electron chi connectivity index (χ3n) is 5.94. The Bertz CT molecular complexity index is 1210. The summed E-state index contributed by atoms with van der Waals surface area (Å²) >= 11 is 1.36. The molecule has 0 radical (unpaired) electrons. The fraction of sp³-hybridized carbons (Fsp3) is 0.435. The van der Waals surface area contributed by atoms with E-state index in [1.807, 2.05) is 16.7 Å². The van der Waals surface area contributed by atoms with Gasteiger partial charge < -0.3 is 9.32 Å². The van der Waals surface area contributed by atoms with Crippen molar-refractivity contribution in [3.05, 3.63) is 54.2 Å². The number of imidazole rings is 1. The van der Waals surface area contributed by atoms with Gasteiger partial charge in [0.15, 0.2) is 5.16 Å². The number of halogens is 2. The molecule has 1 aromatic carbocycles. The summed E-state index contributed by atoms with van der Waals surface area (Å²) in [5.41, 5.74) is 0.986. The molecule has 2 atom stereocenters. The molecule has 5 rings (SSSR count). The number of fused-ring (bicyclic) bond motifs is 1. The molecular weight excluding hydrogens is 446 g/mol. The van der Waals surface area contributed by atoms with E-state index in [-0.39, 0.29) is 5.75 Å². The standard InChI is InChI=1S/C23H26F2N6OS/c1-15-10-16(2)12-29(11-15)22-27-28-23(30(22)13-17-6-5-9-32-17)33-14-20-26-18-7-3-4-8-19(18)31(20)21(24)25/h3-9,15-16,21H,10-14H2,1-2H3. The summed E-state index contributed by atoms with van der Waals surface area (Å²) in [6.07, 6.45) is 2.83. The molecule has 174 valence electrons. The second kappa shape index (κ2) is 9.17. The van der Waals surface area contributed by atoms with Gasteiger partial charge in [-0.3, -0.25) is 9.13 Å². The molecule has 0 amide bonds. The van der Waals surface area contributed by atoms with E-state index < -0.39 is 6.55 Å². The molecular formula is C23H26F2N6OS. The average molecular weight is 473 g/mol. The first-order valence-electron chi connectivity index (χ1n) is 11.1. The van der Waals surface area contributed by atoms with Gasteiger partial charge in [-0.1, -0.05) is 37.7 Å². The molecule has 7 nitrogen and oxygen atoms in total. The van der Waals surface area contributed by atoms with E-state index in [1.165, 1.54) is 18.2 Å². The van der Waals surface area contributed by atoms with Crippen LogP contribution >= 0.6 is 11.8 Å². The smallest absolute Gasteiger partial charge is 0.320 e. The van der Waals surface area contributed by atoms with E-state index in [0.29, 0.717) is 40.4 Å². The first kappa shape index (κ1) is 21.9. The number of benzene rings is 1. The zero-order valence-corrected chi connectivity index (χ0v) is 19.4. The highest BCUT2D eigenvalue weighted by Crippen LogP contribution is 2.32. The monoisotopic (exact) mass is 472 g/mol. The number of hydrogen-bond donors (Lipinski definition) is 0. The van der Waals surface area contributed by atoms with Gasteiger partial charge in [-0.15, -0.1) is 10.2 Å². The lowest BCUT2D eigenvalue weighted by molar-refractivity contribution is 0.0722. The van der Waals surface area contributed by atoms with Crippen LogP contribution in [0.25, 0.3) is 11.0 Å². The van der Waals surface area contributed by atoms with Gasteiger partial charge in [-0.25, -0.2) is 4.98 Å². The highest BCUT2D eigenvalue weighted by Gasteiger charge is 2.27. The Morgan fingerprint density at radius 1 is 1.09 bits per heavy atom. The number of alkyl halides is 2. The SMILES string of the molecule is CC1CC(C)CN(c2nnc(SCc3nc4ccccc4n3C(F)F)n2Cc2ccco2)C1. The largest absolute Gasteiger partial charge is 0.467 e. The quantitative estimate of drug-likeness (QED) is 0.334. The van der Waals surface area contributed by atoms with Crippen molar-refractivity contribution in [3.63, 3.8) is 0 Å². The molecule has 2 unspecified atom stereocenters. The predicted octanol–water partition coefficient (Wildman–Crippen LogP) is 5.44. The second-order valence-electron chi connectivity index (χ2n) is 8.75. The Morgan fingerprint density at radius 2 is 1.88 bits per heavy atom. The van der Waals surface area contributed by atoms with Gasteiger partial charge >= 0.3 is 6.55 Å². The topological polar surface area (TPSA) is 64.9 Å². The van der Waals surface area contributed by atoms with Crippen LogP contribution in [0.15, 0.2) is 52.2 Å². The Balaban J connectivity index is 1.45. The van der Waals surface area contributed by atoms with Gasteiger partial charge in [0.05, 0.1) is 29.6 Å². The lowest BCUT2D eigenvalue weighted by atomic mass is 9.92. The van der Waals surface area contributed by atoms with Gasteiger partial charge in [0.1, 0.15) is 11.6 Å². The summed E-state index contributed by atoms with van der Waals surface area (Å²) in [4.78, 5) is 6.72. The van der Waals surface area contributed by atoms with Gasteiger partial charge in [0, 0.05) is 13.1 Å². The number of anilines is 1. The van der Waals surface area contributed by atoms with Crippen molar-refractivity contribution in [1.82, 2.24) is 24.3 Å². The molecule has 33 heavy (non-hydrogen) atoms. The number of nitrogens with zero attached hydrogens (tertiary/aromatic N) is 6. The van der Waals surface area contributed by atoms with Crippen molar-refractivity contribution >= 4 is 28.7 Å². The van der Waals surface area contributed by atoms with Crippen molar-refractivity contribution < 1.29 is 13.2 Å². The number of para-hydroxylation sites is 2.